The van der Waals surface area contributed by atoms with Crippen LogP contribution >= 0.6 is 0 Å². The summed E-state index contributed by atoms with van der Waals surface area (Å²) in [7, 11) is 0. The highest BCUT2D eigenvalue weighted by molar-refractivity contribution is 5.98. The molecule has 0 spiro atoms. The fraction of sp³-hybridized carbons (Fsp3) is 0.467. The van der Waals surface area contributed by atoms with Crippen molar-refractivity contribution in [3.05, 3.63) is 29.3 Å². The molecule has 1 fully saturated rings. The van der Waals surface area contributed by atoms with E-state index in [1.54, 1.807) is 6.07 Å². The van der Waals surface area contributed by atoms with Crippen LogP contribution in [0.15, 0.2) is 18.2 Å². The summed E-state index contributed by atoms with van der Waals surface area (Å²) in [6.45, 7) is 2.17. The fourth-order valence-electron chi connectivity index (χ4n) is 2.87. The normalized spacial score (nSPS) is 20.9. The summed E-state index contributed by atoms with van der Waals surface area (Å²) in [4.78, 5) is 24.0. The van der Waals surface area contributed by atoms with E-state index in [1.807, 2.05) is 12.1 Å². The summed E-state index contributed by atoms with van der Waals surface area (Å²) in [6.07, 6.45) is 0.969. The molecule has 0 bridgehead atoms. The number of fused-ring (bicyclic) bond motifs is 1. The minimum atomic E-state index is -0.867. The van der Waals surface area contributed by atoms with Gasteiger partial charge in [0.15, 0.2) is 0 Å². The molecule has 1 atom stereocenters. The van der Waals surface area contributed by atoms with Crippen LogP contribution in [0.1, 0.15) is 28.8 Å². The molecule has 0 aliphatic carbocycles. The van der Waals surface area contributed by atoms with E-state index in [2.05, 4.69) is 5.32 Å². The van der Waals surface area contributed by atoms with E-state index in [0.29, 0.717) is 37.6 Å². The molecule has 3 rings (SSSR count). The molecule has 0 aromatic heterocycles. The third-order valence-electron chi connectivity index (χ3n) is 4.04. The lowest BCUT2D eigenvalue weighted by molar-refractivity contribution is 0.0962. The van der Waals surface area contributed by atoms with Crippen LogP contribution in [-0.4, -0.2) is 41.7 Å². The van der Waals surface area contributed by atoms with Crippen LogP contribution in [0.3, 0.4) is 0 Å². The second-order valence-electron chi connectivity index (χ2n) is 5.55. The van der Waals surface area contributed by atoms with Gasteiger partial charge >= 0.3 is 6.09 Å². The molecule has 0 radical (unpaired) electrons. The van der Waals surface area contributed by atoms with Crippen LogP contribution in [0.5, 0.6) is 5.75 Å². The highest BCUT2D eigenvalue weighted by atomic mass is 16.5. The summed E-state index contributed by atoms with van der Waals surface area (Å²) in [5.41, 5.74) is 1.66. The number of piperidine rings is 1. The van der Waals surface area contributed by atoms with Gasteiger partial charge in [0.25, 0.3) is 5.91 Å². The van der Waals surface area contributed by atoms with Crippen molar-refractivity contribution in [3.8, 4) is 5.75 Å². The van der Waals surface area contributed by atoms with Crippen LogP contribution in [0.4, 0.5) is 4.79 Å². The zero-order chi connectivity index (χ0) is 14.8. The zero-order valence-electron chi connectivity index (χ0n) is 11.7. The maximum absolute atomic E-state index is 11.6. The standard InChI is InChI=1S/C15H18N2O4/c18-14-13-6-12(4-3-11(13)7-16-14)21-9-10-2-1-5-17(8-10)15(19)20/h3-4,6,10H,1-2,5,7-9H2,(H,16,18)(H,19,20). The molecule has 1 unspecified atom stereocenters. The van der Waals surface area contributed by atoms with Gasteiger partial charge in [0.05, 0.1) is 6.61 Å². The van der Waals surface area contributed by atoms with Gasteiger partial charge in [0, 0.05) is 31.1 Å². The van der Waals surface area contributed by atoms with E-state index in [-0.39, 0.29) is 11.8 Å². The molecular formula is C15H18N2O4. The van der Waals surface area contributed by atoms with Gasteiger partial charge in [-0.1, -0.05) is 6.07 Å². The van der Waals surface area contributed by atoms with Crippen molar-refractivity contribution in [2.24, 2.45) is 5.92 Å². The van der Waals surface area contributed by atoms with Crippen LogP contribution in [-0.2, 0) is 6.54 Å². The number of ether oxygens (including phenoxy) is 1. The molecule has 2 aliphatic heterocycles. The lowest BCUT2D eigenvalue weighted by atomic mass is 9.99. The molecule has 112 valence electrons. The van der Waals surface area contributed by atoms with Gasteiger partial charge in [-0.05, 0) is 30.5 Å². The Balaban J connectivity index is 1.59. The Morgan fingerprint density at radius 2 is 2.33 bits per heavy atom. The first-order valence-electron chi connectivity index (χ1n) is 7.15. The number of nitrogens with zero attached hydrogens (tertiary/aromatic N) is 1. The third-order valence-corrected chi connectivity index (χ3v) is 4.04. The van der Waals surface area contributed by atoms with Crippen molar-refractivity contribution >= 4 is 12.0 Å². The molecule has 6 nitrogen and oxygen atoms in total. The van der Waals surface area contributed by atoms with Gasteiger partial charge in [-0.15, -0.1) is 0 Å². The number of carboxylic acid groups (broad SMARTS) is 1. The first kappa shape index (κ1) is 13.7. The van der Waals surface area contributed by atoms with Gasteiger partial charge in [0.2, 0.25) is 0 Å². The molecule has 21 heavy (non-hydrogen) atoms. The number of carbonyl (C=O) groups is 2. The molecule has 2 amide bonds. The molecular weight excluding hydrogens is 272 g/mol. The topological polar surface area (TPSA) is 78.9 Å². The zero-order valence-corrected chi connectivity index (χ0v) is 11.7. The molecule has 2 aliphatic rings. The van der Waals surface area contributed by atoms with Gasteiger partial charge in [-0.25, -0.2) is 4.79 Å². The minimum Gasteiger partial charge on any atom is -0.493 e. The SMILES string of the molecule is O=C1NCc2ccc(OCC3CCCN(C(=O)O)C3)cc21. The monoisotopic (exact) mass is 290 g/mol. The Hall–Kier alpha value is -2.24. The molecule has 1 aromatic rings. The van der Waals surface area contributed by atoms with Gasteiger partial charge in [-0.2, -0.15) is 0 Å². The average molecular weight is 290 g/mol. The van der Waals surface area contributed by atoms with Crippen molar-refractivity contribution in [3.63, 3.8) is 0 Å². The van der Waals surface area contributed by atoms with E-state index in [9.17, 15) is 9.59 Å². The predicted molar refractivity (Wildman–Crippen MR) is 75.4 cm³/mol. The number of hydrogen-bond donors (Lipinski definition) is 2. The first-order chi connectivity index (χ1) is 10.1. The number of carbonyl (C=O) groups excluding carboxylic acids is 1. The molecule has 0 saturated carbocycles. The Labute approximate surface area is 122 Å². The third kappa shape index (κ3) is 2.94. The van der Waals surface area contributed by atoms with Gasteiger partial charge in [0.1, 0.15) is 5.75 Å². The number of benzene rings is 1. The number of hydrogen-bond acceptors (Lipinski definition) is 3. The van der Waals surface area contributed by atoms with Crippen LogP contribution in [0.2, 0.25) is 0 Å². The number of nitrogens with one attached hydrogen (secondary N) is 1. The van der Waals surface area contributed by atoms with Crippen molar-refractivity contribution in [1.29, 1.82) is 0 Å². The maximum atomic E-state index is 11.6. The number of likely N-dealkylation sites (tertiary alicyclic amines) is 1. The average Bonchev–Trinajstić information content (AvgIpc) is 2.86. The van der Waals surface area contributed by atoms with Crippen molar-refractivity contribution in [2.45, 2.75) is 19.4 Å². The lowest BCUT2D eigenvalue weighted by Crippen LogP contribution is -2.40. The fourth-order valence-corrected chi connectivity index (χ4v) is 2.87. The van der Waals surface area contributed by atoms with Crippen molar-refractivity contribution in [1.82, 2.24) is 10.2 Å². The van der Waals surface area contributed by atoms with Gasteiger partial charge in [-0.3, -0.25) is 4.79 Å². The van der Waals surface area contributed by atoms with E-state index in [0.717, 1.165) is 18.4 Å². The van der Waals surface area contributed by atoms with E-state index < -0.39 is 6.09 Å². The maximum Gasteiger partial charge on any atom is 0.407 e. The molecule has 2 N–H and O–H groups in total. The molecule has 1 aromatic carbocycles. The summed E-state index contributed by atoms with van der Waals surface area (Å²) >= 11 is 0. The second kappa shape index (κ2) is 5.63. The predicted octanol–water partition coefficient (Wildman–Crippen LogP) is 1.70. The highest BCUT2D eigenvalue weighted by Gasteiger charge is 2.24. The van der Waals surface area contributed by atoms with Crippen molar-refractivity contribution in [2.75, 3.05) is 19.7 Å². The van der Waals surface area contributed by atoms with E-state index >= 15 is 0 Å². The van der Waals surface area contributed by atoms with Crippen molar-refractivity contribution < 1.29 is 19.4 Å². The van der Waals surface area contributed by atoms with E-state index in [4.69, 9.17) is 9.84 Å². The molecule has 1 saturated heterocycles. The number of rotatable bonds is 3. The lowest BCUT2D eigenvalue weighted by Gasteiger charge is -2.30. The smallest absolute Gasteiger partial charge is 0.407 e. The van der Waals surface area contributed by atoms with Crippen LogP contribution < -0.4 is 10.1 Å². The summed E-state index contributed by atoms with van der Waals surface area (Å²) in [5, 5.41) is 11.8. The Morgan fingerprint density at radius 1 is 1.48 bits per heavy atom. The summed E-state index contributed by atoms with van der Waals surface area (Å²) in [6, 6.07) is 5.51. The molecule has 6 heteroatoms. The first-order valence-corrected chi connectivity index (χ1v) is 7.15. The van der Waals surface area contributed by atoms with Crippen LogP contribution in [0.25, 0.3) is 0 Å². The molecule has 2 heterocycles. The minimum absolute atomic E-state index is 0.0647. The van der Waals surface area contributed by atoms with E-state index in [1.165, 1.54) is 4.90 Å². The summed E-state index contributed by atoms with van der Waals surface area (Å²) in [5.74, 6) is 0.806. The highest BCUT2D eigenvalue weighted by Crippen LogP contribution is 2.23. The van der Waals surface area contributed by atoms with Crippen LogP contribution in [0, 0.1) is 5.92 Å². The number of amides is 2. The second-order valence-corrected chi connectivity index (χ2v) is 5.55. The Kier molecular flexibility index (Phi) is 3.68. The quantitative estimate of drug-likeness (QED) is 0.888. The Morgan fingerprint density at radius 3 is 3.14 bits per heavy atom. The largest absolute Gasteiger partial charge is 0.493 e. The van der Waals surface area contributed by atoms with Gasteiger partial charge < -0.3 is 20.1 Å². The summed E-state index contributed by atoms with van der Waals surface area (Å²) < 4.78 is 5.75. The Bertz CT molecular complexity index is 573.